The first-order chi connectivity index (χ1) is 12.9. The maximum absolute atomic E-state index is 12.9. The Kier molecular flexibility index (Phi) is 6.02. The van der Waals surface area contributed by atoms with Crippen molar-refractivity contribution < 1.29 is 13.2 Å². The van der Waals surface area contributed by atoms with E-state index in [0.29, 0.717) is 19.0 Å². The zero-order valence-electron chi connectivity index (χ0n) is 15.6. The Morgan fingerprint density at radius 1 is 1.15 bits per heavy atom. The molecule has 2 aliphatic rings. The molecular formula is C19H26N4O3S. The van der Waals surface area contributed by atoms with Crippen molar-refractivity contribution in [2.75, 3.05) is 26.2 Å². The van der Waals surface area contributed by atoms with Gasteiger partial charge in [0, 0.05) is 32.2 Å². The van der Waals surface area contributed by atoms with Crippen molar-refractivity contribution in [2.45, 2.75) is 43.5 Å². The predicted octanol–water partition coefficient (Wildman–Crippen LogP) is 2.15. The summed E-state index contributed by atoms with van der Waals surface area (Å²) in [5.41, 5.74) is 0.143. The van der Waals surface area contributed by atoms with Gasteiger partial charge in [-0.3, -0.25) is 0 Å². The molecule has 0 spiro atoms. The Morgan fingerprint density at radius 3 is 2.48 bits per heavy atom. The van der Waals surface area contributed by atoms with Crippen LogP contribution in [0, 0.1) is 17.2 Å². The normalized spacial score (nSPS) is 24.2. The number of benzene rings is 1. The molecule has 2 fully saturated rings. The van der Waals surface area contributed by atoms with Gasteiger partial charge in [-0.1, -0.05) is 31.9 Å². The maximum atomic E-state index is 12.9. The number of carbonyl (C=O) groups excluding carboxylic acids is 1. The summed E-state index contributed by atoms with van der Waals surface area (Å²) < 4.78 is 27.1. The van der Waals surface area contributed by atoms with Gasteiger partial charge in [-0.2, -0.15) is 9.57 Å². The highest BCUT2D eigenvalue weighted by Crippen LogP contribution is 2.24. The summed E-state index contributed by atoms with van der Waals surface area (Å²) in [6.07, 6.45) is 4.50. The largest absolute Gasteiger partial charge is 0.335 e. The fraction of sp³-hybridized carbons (Fsp3) is 0.579. The van der Waals surface area contributed by atoms with E-state index in [4.69, 9.17) is 0 Å². The number of amides is 2. The first-order valence-electron chi connectivity index (χ1n) is 9.48. The summed E-state index contributed by atoms with van der Waals surface area (Å²) in [7, 11) is -3.74. The van der Waals surface area contributed by atoms with Gasteiger partial charge in [-0.05, 0) is 30.9 Å². The first kappa shape index (κ1) is 19.6. The molecule has 1 aliphatic heterocycles. The highest BCUT2D eigenvalue weighted by atomic mass is 32.2. The molecule has 1 saturated carbocycles. The molecule has 7 nitrogen and oxygen atoms in total. The number of hydrogen-bond acceptors (Lipinski definition) is 4. The number of sulfonamides is 1. The van der Waals surface area contributed by atoms with Crippen molar-refractivity contribution in [1.82, 2.24) is 14.5 Å². The minimum absolute atomic E-state index is 0.0291. The smallest absolute Gasteiger partial charge is 0.317 e. The molecule has 1 saturated heterocycles. The Morgan fingerprint density at radius 2 is 1.81 bits per heavy atom. The van der Waals surface area contributed by atoms with E-state index in [1.54, 1.807) is 17.0 Å². The van der Waals surface area contributed by atoms with Gasteiger partial charge in [0.2, 0.25) is 10.0 Å². The van der Waals surface area contributed by atoms with Crippen LogP contribution < -0.4 is 5.32 Å². The molecular weight excluding hydrogens is 364 g/mol. The number of nitrogens with one attached hydrogen (secondary N) is 1. The van der Waals surface area contributed by atoms with E-state index < -0.39 is 10.0 Å². The molecule has 1 N–H and O–H groups in total. The van der Waals surface area contributed by atoms with E-state index in [0.717, 1.165) is 19.3 Å². The van der Waals surface area contributed by atoms with E-state index in [-0.39, 0.29) is 35.6 Å². The van der Waals surface area contributed by atoms with Gasteiger partial charge in [0.1, 0.15) is 6.07 Å². The fourth-order valence-electron chi connectivity index (χ4n) is 3.84. The van der Waals surface area contributed by atoms with Crippen LogP contribution >= 0.6 is 0 Å². The lowest BCUT2D eigenvalue weighted by molar-refractivity contribution is 0.161. The Bertz CT molecular complexity index is 826. The van der Waals surface area contributed by atoms with Crippen LogP contribution in [0.1, 0.15) is 38.2 Å². The second kappa shape index (κ2) is 8.28. The summed E-state index contributed by atoms with van der Waals surface area (Å²) >= 11 is 0. The highest BCUT2D eigenvalue weighted by molar-refractivity contribution is 7.89. The zero-order valence-corrected chi connectivity index (χ0v) is 16.4. The molecule has 2 atom stereocenters. The molecule has 0 aromatic heterocycles. The maximum Gasteiger partial charge on any atom is 0.317 e. The topological polar surface area (TPSA) is 93.5 Å². The van der Waals surface area contributed by atoms with Crippen LogP contribution in [0.15, 0.2) is 29.2 Å². The molecule has 2 amide bonds. The van der Waals surface area contributed by atoms with Crippen molar-refractivity contribution in [1.29, 1.82) is 5.26 Å². The van der Waals surface area contributed by atoms with E-state index in [2.05, 4.69) is 12.2 Å². The summed E-state index contributed by atoms with van der Waals surface area (Å²) in [6.45, 7) is 3.33. The standard InChI is InChI=1S/C19H26N4O3S/c1-15-6-2-4-8-17(15)21-19(24)22-10-12-23(13-11-22)27(25,26)18-9-5-3-7-16(18)14-20/h3,5,7,9,15,17H,2,4,6,8,10-13H2,1H3,(H,21,24)/t15-,17+/m1/s1. The summed E-state index contributed by atoms with van der Waals surface area (Å²) in [5.74, 6) is 0.479. The number of nitriles is 1. The van der Waals surface area contributed by atoms with Crippen molar-refractivity contribution >= 4 is 16.1 Å². The van der Waals surface area contributed by atoms with Gasteiger partial charge in [0.05, 0.1) is 10.5 Å². The minimum Gasteiger partial charge on any atom is -0.335 e. The molecule has 3 rings (SSSR count). The third-order valence-electron chi connectivity index (χ3n) is 5.57. The summed E-state index contributed by atoms with van der Waals surface area (Å²) in [4.78, 5) is 14.3. The lowest BCUT2D eigenvalue weighted by Gasteiger charge is -2.36. The summed E-state index contributed by atoms with van der Waals surface area (Å²) in [5, 5.41) is 12.3. The molecule has 27 heavy (non-hydrogen) atoms. The quantitative estimate of drug-likeness (QED) is 0.856. The van der Waals surface area contributed by atoms with Crippen molar-refractivity contribution in [3.63, 3.8) is 0 Å². The van der Waals surface area contributed by atoms with Gasteiger partial charge in [0.25, 0.3) is 0 Å². The number of hydrogen-bond donors (Lipinski definition) is 1. The number of piperazine rings is 1. The number of urea groups is 1. The Balaban J connectivity index is 1.61. The van der Waals surface area contributed by atoms with Crippen LogP contribution in [0.2, 0.25) is 0 Å². The second-order valence-electron chi connectivity index (χ2n) is 7.32. The molecule has 8 heteroatoms. The van der Waals surface area contributed by atoms with Crippen LogP contribution in [0.3, 0.4) is 0 Å². The van der Waals surface area contributed by atoms with Crippen molar-refractivity contribution in [2.24, 2.45) is 5.92 Å². The van der Waals surface area contributed by atoms with E-state index in [1.807, 2.05) is 6.07 Å². The van der Waals surface area contributed by atoms with E-state index >= 15 is 0 Å². The molecule has 0 radical (unpaired) electrons. The van der Waals surface area contributed by atoms with Crippen LogP contribution in [-0.4, -0.2) is 55.9 Å². The summed E-state index contributed by atoms with van der Waals surface area (Å²) in [6, 6.07) is 8.25. The number of rotatable bonds is 3. The second-order valence-corrected chi connectivity index (χ2v) is 9.22. The average Bonchev–Trinajstić information content (AvgIpc) is 2.69. The molecule has 0 bridgehead atoms. The highest BCUT2D eigenvalue weighted by Gasteiger charge is 2.32. The predicted molar refractivity (Wildman–Crippen MR) is 101 cm³/mol. The molecule has 1 heterocycles. The third kappa shape index (κ3) is 4.25. The lowest BCUT2D eigenvalue weighted by Crippen LogP contribution is -2.55. The molecule has 146 valence electrons. The molecule has 1 aromatic rings. The van der Waals surface area contributed by atoms with Crippen LogP contribution in [0.4, 0.5) is 4.79 Å². The SMILES string of the molecule is C[C@@H]1CCCC[C@@H]1NC(=O)N1CCN(S(=O)(=O)c2ccccc2C#N)CC1. The molecule has 1 aliphatic carbocycles. The van der Waals surface area contributed by atoms with Crippen LogP contribution in [0.5, 0.6) is 0 Å². The van der Waals surface area contributed by atoms with Gasteiger partial charge in [0.15, 0.2) is 0 Å². The molecule has 1 aromatic carbocycles. The van der Waals surface area contributed by atoms with Crippen LogP contribution in [-0.2, 0) is 10.0 Å². The van der Waals surface area contributed by atoms with Gasteiger partial charge < -0.3 is 10.2 Å². The monoisotopic (exact) mass is 390 g/mol. The van der Waals surface area contributed by atoms with E-state index in [9.17, 15) is 18.5 Å². The third-order valence-corrected chi connectivity index (χ3v) is 7.53. The number of nitrogens with zero attached hydrogens (tertiary/aromatic N) is 3. The lowest BCUT2D eigenvalue weighted by atomic mass is 9.86. The van der Waals surface area contributed by atoms with Gasteiger partial charge in [-0.15, -0.1) is 0 Å². The first-order valence-corrected chi connectivity index (χ1v) is 10.9. The minimum atomic E-state index is -3.74. The van der Waals surface area contributed by atoms with Gasteiger partial charge in [-0.25, -0.2) is 13.2 Å². The molecule has 0 unspecified atom stereocenters. The zero-order chi connectivity index (χ0) is 19.4. The van der Waals surface area contributed by atoms with E-state index in [1.165, 1.54) is 22.9 Å². The number of carbonyl (C=O) groups is 1. The average molecular weight is 391 g/mol. The Labute approximate surface area is 161 Å². The fourth-order valence-corrected chi connectivity index (χ4v) is 5.40. The van der Waals surface area contributed by atoms with Crippen LogP contribution in [0.25, 0.3) is 0 Å². The Hall–Kier alpha value is -2.11. The van der Waals surface area contributed by atoms with Crippen molar-refractivity contribution in [3.05, 3.63) is 29.8 Å². The van der Waals surface area contributed by atoms with Crippen molar-refractivity contribution in [3.8, 4) is 6.07 Å². The van der Waals surface area contributed by atoms with Gasteiger partial charge >= 0.3 is 6.03 Å².